The number of pyridine rings is 2. The fourth-order valence-electron chi connectivity index (χ4n) is 4.35. The lowest BCUT2D eigenvalue weighted by Gasteiger charge is -2.27. The third kappa shape index (κ3) is 5.33. The van der Waals surface area contributed by atoms with Crippen LogP contribution in [0, 0.1) is 0 Å². The van der Waals surface area contributed by atoms with Crippen LogP contribution in [-0.4, -0.2) is 75.0 Å². The van der Waals surface area contributed by atoms with Crippen molar-refractivity contribution in [2.24, 2.45) is 0 Å². The van der Waals surface area contributed by atoms with Gasteiger partial charge in [-0.25, -0.2) is 14.8 Å². The molecular weight excluding hydrogens is 426 g/mol. The summed E-state index contributed by atoms with van der Waals surface area (Å²) in [5.41, 5.74) is 2.68. The highest BCUT2D eigenvalue weighted by Gasteiger charge is 2.35. The lowest BCUT2D eigenvalue weighted by molar-refractivity contribution is -0.138. The molecule has 0 saturated carbocycles. The van der Waals surface area contributed by atoms with Crippen molar-refractivity contribution < 1.29 is 24.5 Å². The molecule has 0 radical (unpaired) electrons. The molecular formula is C23H29N5O5. The Labute approximate surface area is 192 Å². The van der Waals surface area contributed by atoms with Crippen molar-refractivity contribution in [3.63, 3.8) is 0 Å². The van der Waals surface area contributed by atoms with E-state index in [2.05, 4.69) is 15.3 Å². The fourth-order valence-corrected chi connectivity index (χ4v) is 4.35. The summed E-state index contributed by atoms with van der Waals surface area (Å²) < 4.78 is 5.07. The van der Waals surface area contributed by atoms with E-state index in [1.807, 2.05) is 12.1 Å². The lowest BCUT2D eigenvalue weighted by atomic mass is 10.0. The number of rotatable bonds is 9. The van der Waals surface area contributed by atoms with Gasteiger partial charge in [-0.2, -0.15) is 0 Å². The molecule has 0 bridgehead atoms. The Hall–Kier alpha value is -3.40. The molecule has 2 atom stereocenters. The van der Waals surface area contributed by atoms with E-state index in [9.17, 15) is 19.8 Å². The van der Waals surface area contributed by atoms with Gasteiger partial charge in [-0.3, -0.25) is 4.79 Å². The SMILES string of the molecule is COc1ccc(C(CC(=O)O)N2CCN(CCCc3ccc4c(n3)NC(O)CC4)C2=O)cn1. The minimum atomic E-state index is -0.973. The number of aliphatic carboxylic acids is 1. The average molecular weight is 456 g/mol. The summed E-state index contributed by atoms with van der Waals surface area (Å²) in [6.45, 7) is 1.57. The number of nitrogens with one attached hydrogen (secondary N) is 1. The van der Waals surface area contributed by atoms with Crippen molar-refractivity contribution in [1.82, 2.24) is 19.8 Å². The van der Waals surface area contributed by atoms with Crippen LogP contribution in [0.1, 0.15) is 42.1 Å². The van der Waals surface area contributed by atoms with Gasteiger partial charge in [-0.15, -0.1) is 0 Å². The molecule has 2 aliphatic rings. The predicted octanol–water partition coefficient (Wildman–Crippen LogP) is 2.05. The molecule has 33 heavy (non-hydrogen) atoms. The zero-order valence-corrected chi connectivity index (χ0v) is 18.6. The molecule has 2 aromatic rings. The van der Waals surface area contributed by atoms with Crippen LogP contribution in [-0.2, 0) is 17.6 Å². The fraction of sp³-hybridized carbons (Fsp3) is 0.478. The van der Waals surface area contributed by atoms with Crippen molar-refractivity contribution in [1.29, 1.82) is 0 Å². The van der Waals surface area contributed by atoms with Crippen molar-refractivity contribution >= 4 is 17.8 Å². The Morgan fingerprint density at radius 1 is 1.30 bits per heavy atom. The van der Waals surface area contributed by atoms with Crippen molar-refractivity contribution in [2.75, 3.05) is 32.1 Å². The number of hydrogen-bond donors (Lipinski definition) is 3. The Morgan fingerprint density at radius 2 is 2.15 bits per heavy atom. The first-order chi connectivity index (χ1) is 15.9. The van der Waals surface area contributed by atoms with Crippen molar-refractivity contribution in [3.05, 3.63) is 47.3 Å². The van der Waals surface area contributed by atoms with Crippen LogP contribution < -0.4 is 10.1 Å². The number of carbonyl (C=O) groups excluding carboxylic acids is 1. The van der Waals surface area contributed by atoms with Gasteiger partial charge >= 0.3 is 12.0 Å². The van der Waals surface area contributed by atoms with Crippen LogP contribution >= 0.6 is 0 Å². The van der Waals surface area contributed by atoms with Gasteiger partial charge in [0.15, 0.2) is 0 Å². The standard InChI is InChI=1S/C23H29N5O5/c1-33-20-9-6-16(14-24-20)18(13-21(30)31)28-12-11-27(23(28)32)10-2-3-17-7-4-15-5-8-19(29)26-22(15)25-17/h4,6-7,9,14,18-19,29H,2-3,5,8,10-13H2,1H3,(H,25,26)(H,30,31). The molecule has 3 N–H and O–H groups in total. The molecule has 2 aliphatic heterocycles. The zero-order valence-electron chi connectivity index (χ0n) is 18.6. The number of aliphatic hydroxyl groups is 1. The molecule has 176 valence electrons. The van der Waals surface area contributed by atoms with Gasteiger partial charge in [0, 0.05) is 37.6 Å². The van der Waals surface area contributed by atoms with Crippen molar-refractivity contribution in [2.45, 2.75) is 44.4 Å². The Bertz CT molecular complexity index is 999. The maximum absolute atomic E-state index is 13.1. The number of amides is 2. The monoisotopic (exact) mass is 455 g/mol. The van der Waals surface area contributed by atoms with E-state index in [1.54, 1.807) is 28.1 Å². The molecule has 1 saturated heterocycles. The van der Waals surface area contributed by atoms with Gasteiger partial charge in [0.05, 0.1) is 19.6 Å². The molecule has 4 heterocycles. The Balaban J connectivity index is 1.36. The topological polar surface area (TPSA) is 128 Å². The number of aryl methyl sites for hydroxylation is 2. The average Bonchev–Trinajstić information content (AvgIpc) is 3.17. The number of carboxylic acid groups (broad SMARTS) is 1. The molecule has 0 aromatic carbocycles. The number of nitrogens with zero attached hydrogens (tertiary/aromatic N) is 4. The molecule has 4 rings (SSSR count). The molecule has 1 fully saturated rings. The lowest BCUT2D eigenvalue weighted by Crippen LogP contribution is -2.36. The molecule has 2 unspecified atom stereocenters. The van der Waals surface area contributed by atoms with E-state index in [0.29, 0.717) is 43.9 Å². The second-order valence-electron chi connectivity index (χ2n) is 8.32. The smallest absolute Gasteiger partial charge is 0.320 e. The molecule has 2 aromatic heterocycles. The van der Waals surface area contributed by atoms with Crippen LogP contribution in [0.5, 0.6) is 5.88 Å². The van der Waals surface area contributed by atoms with E-state index >= 15 is 0 Å². The van der Waals surface area contributed by atoms with Crippen LogP contribution in [0.15, 0.2) is 30.5 Å². The number of anilines is 1. The Morgan fingerprint density at radius 3 is 2.88 bits per heavy atom. The number of aliphatic hydroxyl groups excluding tert-OH is 1. The summed E-state index contributed by atoms with van der Waals surface area (Å²) in [5, 5.41) is 22.2. The highest BCUT2D eigenvalue weighted by atomic mass is 16.5. The summed E-state index contributed by atoms with van der Waals surface area (Å²) in [5.74, 6) is 0.196. The first-order valence-electron chi connectivity index (χ1n) is 11.2. The molecule has 10 nitrogen and oxygen atoms in total. The number of ether oxygens (including phenoxy) is 1. The quantitative estimate of drug-likeness (QED) is 0.524. The largest absolute Gasteiger partial charge is 0.481 e. The summed E-state index contributed by atoms with van der Waals surface area (Å²) in [6.07, 6.45) is 3.73. The van der Waals surface area contributed by atoms with Crippen LogP contribution in [0.25, 0.3) is 0 Å². The zero-order chi connectivity index (χ0) is 23.4. The summed E-state index contributed by atoms with van der Waals surface area (Å²) in [7, 11) is 1.51. The third-order valence-electron chi connectivity index (χ3n) is 6.11. The number of hydrogen-bond acceptors (Lipinski definition) is 7. The van der Waals surface area contributed by atoms with E-state index in [-0.39, 0.29) is 12.5 Å². The summed E-state index contributed by atoms with van der Waals surface area (Å²) in [4.78, 5) is 36.7. The number of urea groups is 1. The van der Waals surface area contributed by atoms with Crippen LogP contribution in [0.2, 0.25) is 0 Å². The molecule has 2 amide bonds. The predicted molar refractivity (Wildman–Crippen MR) is 120 cm³/mol. The van der Waals surface area contributed by atoms with Gasteiger partial charge < -0.3 is 30.1 Å². The second kappa shape index (κ2) is 10.0. The number of fused-ring (bicyclic) bond motifs is 1. The van der Waals surface area contributed by atoms with Gasteiger partial charge in [0.2, 0.25) is 5.88 Å². The normalized spacial score (nSPS) is 18.6. The second-order valence-corrected chi connectivity index (χ2v) is 8.32. The van der Waals surface area contributed by atoms with Gasteiger partial charge in [0.1, 0.15) is 12.0 Å². The van der Waals surface area contributed by atoms with E-state index in [1.165, 1.54) is 7.11 Å². The number of methoxy groups -OCH3 is 1. The van der Waals surface area contributed by atoms with Gasteiger partial charge in [-0.1, -0.05) is 12.1 Å². The highest BCUT2D eigenvalue weighted by molar-refractivity contribution is 5.78. The summed E-state index contributed by atoms with van der Waals surface area (Å²) in [6, 6.07) is 6.71. The minimum absolute atomic E-state index is 0.166. The minimum Gasteiger partial charge on any atom is -0.481 e. The third-order valence-corrected chi connectivity index (χ3v) is 6.11. The Kier molecular flexibility index (Phi) is 6.93. The number of aromatic nitrogens is 2. The highest BCUT2D eigenvalue weighted by Crippen LogP contribution is 2.29. The van der Waals surface area contributed by atoms with E-state index in [0.717, 1.165) is 29.9 Å². The molecule has 10 heteroatoms. The van der Waals surface area contributed by atoms with Gasteiger partial charge in [0.25, 0.3) is 0 Å². The molecule has 0 spiro atoms. The van der Waals surface area contributed by atoms with Crippen molar-refractivity contribution in [3.8, 4) is 5.88 Å². The maximum Gasteiger partial charge on any atom is 0.320 e. The maximum atomic E-state index is 13.1. The molecule has 0 aliphatic carbocycles. The van der Waals surface area contributed by atoms with E-state index in [4.69, 9.17) is 4.74 Å². The first-order valence-corrected chi connectivity index (χ1v) is 11.2. The van der Waals surface area contributed by atoms with Gasteiger partial charge in [-0.05, 0) is 42.9 Å². The summed E-state index contributed by atoms with van der Waals surface area (Å²) >= 11 is 0. The number of carbonyl (C=O) groups is 2. The van der Waals surface area contributed by atoms with Crippen LogP contribution in [0.4, 0.5) is 10.6 Å². The number of carboxylic acids is 1. The van der Waals surface area contributed by atoms with Crippen LogP contribution in [0.3, 0.4) is 0 Å². The first kappa shape index (κ1) is 22.8. The van der Waals surface area contributed by atoms with E-state index < -0.39 is 18.2 Å².